The van der Waals surface area contributed by atoms with Crippen LogP contribution in [0.5, 0.6) is 0 Å². The molecule has 0 atom stereocenters. The van der Waals surface area contributed by atoms with Crippen molar-refractivity contribution in [1.82, 2.24) is 15.0 Å². The predicted octanol–water partition coefficient (Wildman–Crippen LogP) is -1.67. The number of anilines is 1. The third-order valence-electron chi connectivity index (χ3n) is 4.59. The third-order valence-corrected chi connectivity index (χ3v) is 4.59. The SMILES string of the molecule is O=C([O-])c1c(Cc2ccccc2)nc(-c2ccccn2)nc1N1CCOCC1.[K+]. The van der Waals surface area contributed by atoms with Crippen molar-refractivity contribution in [3.63, 3.8) is 0 Å². The summed E-state index contributed by atoms with van der Waals surface area (Å²) in [6, 6.07) is 15.1. The van der Waals surface area contributed by atoms with Gasteiger partial charge < -0.3 is 19.5 Å². The first kappa shape index (κ1) is 22.0. The Morgan fingerprint density at radius 3 is 2.41 bits per heavy atom. The molecule has 7 nitrogen and oxygen atoms in total. The number of aromatic nitrogens is 3. The van der Waals surface area contributed by atoms with Crippen molar-refractivity contribution >= 4 is 11.8 Å². The molecule has 8 heteroatoms. The van der Waals surface area contributed by atoms with Crippen LogP contribution in [0.15, 0.2) is 54.7 Å². The molecule has 1 aliphatic heterocycles. The van der Waals surface area contributed by atoms with Gasteiger partial charge in [0.25, 0.3) is 0 Å². The average Bonchev–Trinajstić information content (AvgIpc) is 2.75. The minimum absolute atomic E-state index is 0. The number of carboxylic acid groups (broad SMARTS) is 1. The van der Waals surface area contributed by atoms with Crippen LogP contribution in [0, 0.1) is 0 Å². The standard InChI is InChI=1S/C21H20N4O3.K/c26-21(27)18-17(14-15-6-2-1-3-7-15)23-19(16-8-4-5-9-22-16)24-20(18)25-10-12-28-13-11-25;/h1-9H,10-14H2,(H,26,27);/q;+1/p-1. The van der Waals surface area contributed by atoms with Gasteiger partial charge in [0.1, 0.15) is 11.5 Å². The number of nitrogens with zero attached hydrogens (tertiary/aromatic N) is 4. The number of ether oxygens (including phenoxy) is 1. The van der Waals surface area contributed by atoms with E-state index in [1.807, 2.05) is 53.4 Å². The van der Waals surface area contributed by atoms with E-state index in [4.69, 9.17) is 4.74 Å². The van der Waals surface area contributed by atoms with E-state index < -0.39 is 5.97 Å². The molecule has 142 valence electrons. The fourth-order valence-corrected chi connectivity index (χ4v) is 3.23. The summed E-state index contributed by atoms with van der Waals surface area (Å²) in [6.45, 7) is 2.15. The van der Waals surface area contributed by atoms with Crippen LogP contribution >= 0.6 is 0 Å². The zero-order valence-corrected chi connectivity index (χ0v) is 19.4. The van der Waals surface area contributed by atoms with Gasteiger partial charge in [0.05, 0.1) is 30.4 Å². The molecule has 29 heavy (non-hydrogen) atoms. The van der Waals surface area contributed by atoms with Gasteiger partial charge in [0.2, 0.25) is 0 Å². The molecular weight excluding hydrogens is 395 g/mol. The second-order valence-electron chi connectivity index (χ2n) is 6.46. The third kappa shape index (κ3) is 5.27. The molecule has 1 aromatic carbocycles. The average molecular weight is 415 g/mol. The number of hydrogen-bond donors (Lipinski definition) is 0. The summed E-state index contributed by atoms with van der Waals surface area (Å²) in [5.41, 5.74) is 2.01. The number of morpholine rings is 1. The van der Waals surface area contributed by atoms with Crippen LogP contribution in [0.3, 0.4) is 0 Å². The fourth-order valence-electron chi connectivity index (χ4n) is 3.23. The van der Waals surface area contributed by atoms with E-state index in [-0.39, 0.29) is 56.9 Å². The molecule has 0 saturated carbocycles. The quantitative estimate of drug-likeness (QED) is 0.461. The molecule has 0 amide bonds. The maximum atomic E-state index is 12.1. The van der Waals surface area contributed by atoms with Crippen molar-refractivity contribution in [2.24, 2.45) is 0 Å². The van der Waals surface area contributed by atoms with Gasteiger partial charge in [-0.3, -0.25) is 4.98 Å². The smallest absolute Gasteiger partial charge is 0.545 e. The van der Waals surface area contributed by atoms with Crippen LogP contribution in [0.1, 0.15) is 21.6 Å². The molecule has 0 spiro atoms. The summed E-state index contributed by atoms with van der Waals surface area (Å²) in [6.07, 6.45) is 2.03. The Morgan fingerprint density at radius 1 is 1.03 bits per heavy atom. The minimum Gasteiger partial charge on any atom is -0.545 e. The zero-order chi connectivity index (χ0) is 19.3. The van der Waals surface area contributed by atoms with E-state index >= 15 is 0 Å². The second-order valence-corrected chi connectivity index (χ2v) is 6.46. The molecule has 3 aromatic rings. The molecular formula is C21H19KN4O3. The summed E-state index contributed by atoms with van der Waals surface area (Å²) in [7, 11) is 0. The summed E-state index contributed by atoms with van der Waals surface area (Å²) < 4.78 is 5.40. The van der Waals surface area contributed by atoms with Crippen molar-refractivity contribution < 1.29 is 66.0 Å². The first-order valence-electron chi connectivity index (χ1n) is 9.12. The van der Waals surface area contributed by atoms with Crippen LogP contribution in [0.4, 0.5) is 5.82 Å². The number of pyridine rings is 1. The number of aromatic carboxylic acids is 1. The van der Waals surface area contributed by atoms with Gasteiger partial charge in [-0.2, -0.15) is 0 Å². The van der Waals surface area contributed by atoms with E-state index in [1.165, 1.54) is 0 Å². The fraction of sp³-hybridized carbons (Fsp3) is 0.238. The van der Waals surface area contributed by atoms with Gasteiger partial charge in [-0.05, 0) is 17.7 Å². The Kier molecular flexibility index (Phi) is 7.88. The number of hydrogen-bond acceptors (Lipinski definition) is 7. The monoisotopic (exact) mass is 414 g/mol. The van der Waals surface area contributed by atoms with Crippen molar-refractivity contribution in [2.75, 3.05) is 31.2 Å². The molecule has 4 rings (SSSR count). The first-order chi connectivity index (χ1) is 13.7. The van der Waals surface area contributed by atoms with Gasteiger partial charge in [-0.25, -0.2) is 9.97 Å². The van der Waals surface area contributed by atoms with E-state index in [0.717, 1.165) is 5.56 Å². The van der Waals surface area contributed by atoms with Crippen LogP contribution in [0.2, 0.25) is 0 Å². The molecule has 2 aromatic heterocycles. The maximum absolute atomic E-state index is 12.1. The molecule has 3 heterocycles. The zero-order valence-electron chi connectivity index (χ0n) is 16.2. The van der Waals surface area contributed by atoms with Crippen molar-refractivity contribution in [2.45, 2.75) is 6.42 Å². The Balaban J connectivity index is 0.00000240. The summed E-state index contributed by atoms with van der Waals surface area (Å²) in [5.74, 6) is -0.511. The number of rotatable bonds is 5. The normalized spacial score (nSPS) is 13.6. The first-order valence-corrected chi connectivity index (χ1v) is 9.12. The van der Waals surface area contributed by atoms with E-state index in [9.17, 15) is 9.90 Å². The molecule has 0 radical (unpaired) electrons. The van der Waals surface area contributed by atoms with Gasteiger partial charge in [0, 0.05) is 25.7 Å². The molecule has 1 fully saturated rings. The minimum atomic E-state index is -1.28. The van der Waals surface area contributed by atoms with Crippen molar-refractivity contribution in [3.05, 3.63) is 71.5 Å². The molecule has 0 N–H and O–H groups in total. The van der Waals surface area contributed by atoms with Gasteiger partial charge in [0.15, 0.2) is 5.82 Å². The van der Waals surface area contributed by atoms with Crippen LogP contribution in [-0.4, -0.2) is 47.2 Å². The van der Waals surface area contributed by atoms with Crippen molar-refractivity contribution in [3.8, 4) is 11.5 Å². The van der Waals surface area contributed by atoms with E-state index in [2.05, 4.69) is 15.0 Å². The molecule has 0 aliphatic carbocycles. The van der Waals surface area contributed by atoms with Crippen LogP contribution in [0.25, 0.3) is 11.5 Å². The van der Waals surface area contributed by atoms with Gasteiger partial charge in [-0.15, -0.1) is 0 Å². The second kappa shape index (κ2) is 10.4. The van der Waals surface area contributed by atoms with Gasteiger partial charge in [-0.1, -0.05) is 36.4 Å². The van der Waals surface area contributed by atoms with Gasteiger partial charge >= 0.3 is 51.4 Å². The molecule has 0 bridgehead atoms. The largest absolute Gasteiger partial charge is 1.00 e. The summed E-state index contributed by atoms with van der Waals surface area (Å²) in [5, 5.41) is 12.1. The maximum Gasteiger partial charge on any atom is 1.00 e. The Labute approximate surface area is 211 Å². The molecule has 1 aliphatic rings. The van der Waals surface area contributed by atoms with E-state index in [0.29, 0.717) is 55.8 Å². The number of carbonyl (C=O) groups is 1. The number of carboxylic acids is 1. The summed E-state index contributed by atoms with van der Waals surface area (Å²) in [4.78, 5) is 27.4. The van der Waals surface area contributed by atoms with Crippen molar-refractivity contribution in [1.29, 1.82) is 0 Å². The molecule has 0 unspecified atom stereocenters. The van der Waals surface area contributed by atoms with Crippen LogP contribution < -0.4 is 61.4 Å². The molecule has 1 saturated heterocycles. The predicted molar refractivity (Wildman–Crippen MR) is 102 cm³/mol. The Hall–Kier alpha value is -1.68. The van der Waals surface area contributed by atoms with Crippen LogP contribution in [-0.2, 0) is 11.2 Å². The number of benzene rings is 1. The van der Waals surface area contributed by atoms with E-state index in [1.54, 1.807) is 6.20 Å². The number of carbonyl (C=O) groups excluding carboxylic acids is 1. The Morgan fingerprint density at radius 2 is 1.76 bits per heavy atom. The summed E-state index contributed by atoms with van der Waals surface area (Å²) >= 11 is 0. The topological polar surface area (TPSA) is 91.3 Å². The Bertz CT molecular complexity index is 964.